The summed E-state index contributed by atoms with van der Waals surface area (Å²) in [5, 5.41) is 28.5. The summed E-state index contributed by atoms with van der Waals surface area (Å²) in [7, 11) is 5.08. The third-order valence-electron chi connectivity index (χ3n) is 15.0. The highest BCUT2D eigenvalue weighted by atomic mass is 19.1. The van der Waals surface area contributed by atoms with Crippen molar-refractivity contribution in [3.63, 3.8) is 0 Å². The zero-order chi connectivity index (χ0) is 65.7. The normalized spacial score (nSPS) is 12.4. The first-order chi connectivity index (χ1) is 45.4. The first-order valence-corrected chi connectivity index (χ1v) is 28.7. The molecule has 15 aromatic rings. The molecule has 0 fully saturated rings. The molecule has 9 heterocycles. The molecule has 0 saturated heterocycles. The molecule has 9 aromatic heterocycles. The molecule has 2 N–H and O–H groups in total. The minimum Gasteiger partial charge on any atom is -0.393 e. The van der Waals surface area contributed by atoms with Crippen molar-refractivity contribution in [2.45, 2.75) is 51.2 Å². The minimum absolute atomic E-state index is 0.0128. The van der Waals surface area contributed by atoms with Crippen LogP contribution in [0, 0.1) is 0 Å². The Labute approximate surface area is 524 Å². The quantitative estimate of drug-likeness (QED) is 0.124. The van der Waals surface area contributed by atoms with E-state index in [4.69, 9.17) is 18.4 Å². The number of aryl methyl sites for hydroxylation is 3. The second-order valence-corrected chi connectivity index (χ2v) is 21.4. The summed E-state index contributed by atoms with van der Waals surface area (Å²) in [4.78, 5) is 96.8. The Balaban J connectivity index is 0.000000126. The number of aliphatic hydroxyl groups excluding tert-OH is 1. The van der Waals surface area contributed by atoms with Crippen molar-refractivity contribution in [2.75, 3.05) is 6.61 Å². The average molecular weight is 1280 g/mol. The lowest BCUT2D eigenvalue weighted by molar-refractivity contribution is 0.180. The van der Waals surface area contributed by atoms with Crippen LogP contribution in [0.1, 0.15) is 52.9 Å². The summed E-state index contributed by atoms with van der Waals surface area (Å²) < 4.78 is 68.3. The molecule has 0 aliphatic rings. The smallest absolute Gasteiger partial charge is 0.393 e. The Morgan fingerprint density at radius 3 is 1.10 bits per heavy atom. The van der Waals surface area contributed by atoms with Gasteiger partial charge in [0.2, 0.25) is 17.7 Å². The van der Waals surface area contributed by atoms with Gasteiger partial charge in [-0.2, -0.15) is 9.36 Å². The summed E-state index contributed by atoms with van der Waals surface area (Å²) in [6.45, 7) is -1.24. The van der Waals surface area contributed by atoms with E-state index in [1.54, 1.807) is 71.2 Å². The van der Waals surface area contributed by atoms with Crippen LogP contribution < -0.4 is 33.9 Å². The molecule has 0 aliphatic heterocycles. The predicted octanol–water partition coefficient (Wildman–Crippen LogP) is 6.08. The van der Waals surface area contributed by atoms with Crippen LogP contribution in [-0.4, -0.2) is 98.8 Å². The number of aromatic nitrogens is 18. The Morgan fingerprint density at radius 2 is 0.755 bits per heavy atom. The van der Waals surface area contributed by atoms with Crippen LogP contribution in [0.5, 0.6) is 0 Å². The topological polar surface area (TPSA) is 333 Å². The van der Waals surface area contributed by atoms with Crippen LogP contribution in [0.3, 0.4) is 0 Å². The number of fused-ring (bicyclic) bond motifs is 6. The molecule has 6 aromatic carbocycles. The molecule has 0 saturated carbocycles. The molecular weight excluding hydrogens is 1230 g/mol. The third kappa shape index (κ3) is 13.3. The summed E-state index contributed by atoms with van der Waals surface area (Å²) in [5.41, 5.74) is 2.51. The van der Waals surface area contributed by atoms with Gasteiger partial charge in [-0.05, 0) is 67.2 Å². The first kappa shape index (κ1) is 61.9. The molecule has 0 spiro atoms. The maximum absolute atomic E-state index is 14.9. The second kappa shape index (κ2) is 26.7. The second-order valence-electron chi connectivity index (χ2n) is 21.4. The average Bonchev–Trinajstić information content (AvgIpc) is 2.42. The van der Waals surface area contributed by atoms with E-state index in [0.717, 1.165) is 41.7 Å². The van der Waals surface area contributed by atoms with Gasteiger partial charge in [-0.3, -0.25) is 28.1 Å². The number of H-pyrrole nitrogens is 1. The van der Waals surface area contributed by atoms with Crippen molar-refractivity contribution in [1.82, 2.24) is 87.1 Å². The van der Waals surface area contributed by atoms with Crippen molar-refractivity contribution in [1.29, 1.82) is 0 Å². The van der Waals surface area contributed by atoms with Gasteiger partial charge in [0, 0.05) is 21.1 Å². The molecule has 3 atom stereocenters. The standard InChI is InChI=1S/2C21H17FN6O3.C12H11FO.C9H8N6O3/c2*1-26-11-23-19-18(26)20(29)27(12-24-19)10-17-25-28(21(30)31-17)9-16(22)15-7-6-13-4-2-3-5-14(13)8-15;13-12(8-14)11-6-5-9-3-1-2-4-10(9)7-11;1-14-3-10-7-6(14)8(16)15(4-11-7)2-5-12-13-9(17)18-5/h2*2-8,11-12,16H,9-10H2,1H3;1-7,12,14H,8H2;3-4H,2H2,1H3,(H,13,17)/t2*16-;;/m10../s1. The number of rotatable bonds is 14. The number of alkyl halides is 3. The number of aromatic amines is 1. The van der Waals surface area contributed by atoms with Crippen LogP contribution in [0.2, 0.25) is 0 Å². The fourth-order valence-electron chi connectivity index (χ4n) is 10.2. The third-order valence-corrected chi connectivity index (χ3v) is 15.0. The van der Waals surface area contributed by atoms with Gasteiger partial charge in [0.25, 0.3) is 16.7 Å². The highest BCUT2D eigenvalue weighted by Gasteiger charge is 2.21. The molecule has 28 nitrogen and oxygen atoms in total. The van der Waals surface area contributed by atoms with Crippen molar-refractivity contribution in [3.05, 3.63) is 262 Å². The number of nitrogens with zero attached hydrogens (tertiary/aromatic N) is 17. The van der Waals surface area contributed by atoms with Crippen molar-refractivity contribution in [3.8, 4) is 0 Å². The SMILES string of the molecule is Cn1cnc2ncn(Cc3n[nH]c(=O)o3)c(=O)c21.Cn1cnc2ncn(Cc3nn(C[C@@H](F)c4ccc5ccccc5c4)c(=O)o3)c(=O)c21.Cn1cnc2ncn(Cc3nn(C[C@H](F)c4ccc5ccccc5c4)c(=O)o3)c(=O)c21.OCC(F)c1ccc2ccccc2c1. The van der Waals surface area contributed by atoms with E-state index >= 15 is 0 Å². The van der Waals surface area contributed by atoms with Gasteiger partial charge < -0.3 is 32.1 Å². The molecule has 0 amide bonds. The fourth-order valence-corrected chi connectivity index (χ4v) is 10.2. The van der Waals surface area contributed by atoms with Gasteiger partial charge >= 0.3 is 17.3 Å². The molecule has 31 heteroatoms. The zero-order valence-corrected chi connectivity index (χ0v) is 49.9. The van der Waals surface area contributed by atoms with Gasteiger partial charge in [-0.15, -0.1) is 15.3 Å². The molecular formula is C63H53F3N18O10. The number of hydrogen-bond donors (Lipinski definition) is 2. The number of imidazole rings is 3. The first-order valence-electron chi connectivity index (χ1n) is 28.7. The number of hydrogen-bond acceptors (Lipinski definition) is 19. The van der Waals surface area contributed by atoms with E-state index in [0.29, 0.717) is 50.2 Å². The van der Waals surface area contributed by atoms with Crippen LogP contribution >= 0.6 is 0 Å². The van der Waals surface area contributed by atoms with Crippen LogP contribution in [0.25, 0.3) is 65.8 Å². The van der Waals surface area contributed by atoms with E-state index in [2.05, 4.69) is 50.3 Å². The lowest BCUT2D eigenvalue weighted by Gasteiger charge is -2.09. The van der Waals surface area contributed by atoms with E-state index in [9.17, 15) is 41.9 Å². The van der Waals surface area contributed by atoms with Gasteiger partial charge in [0.15, 0.2) is 33.5 Å². The summed E-state index contributed by atoms with van der Waals surface area (Å²) >= 11 is 0. The van der Waals surface area contributed by atoms with Gasteiger partial charge in [0.05, 0.1) is 38.7 Å². The lowest BCUT2D eigenvalue weighted by Crippen LogP contribution is -2.23. The van der Waals surface area contributed by atoms with Crippen molar-refractivity contribution >= 4 is 65.8 Å². The van der Waals surface area contributed by atoms with E-state index in [1.807, 2.05) is 91.0 Å². The van der Waals surface area contributed by atoms with E-state index in [-0.39, 0.29) is 67.1 Å². The number of benzene rings is 6. The van der Waals surface area contributed by atoms with E-state index in [1.165, 1.54) is 51.7 Å². The minimum atomic E-state index is -1.45. The highest BCUT2D eigenvalue weighted by Crippen LogP contribution is 2.26. The van der Waals surface area contributed by atoms with Gasteiger partial charge in [0.1, 0.15) is 57.1 Å². The maximum atomic E-state index is 14.9. The number of nitrogens with one attached hydrogen (secondary N) is 1. The Bertz CT molecular complexity index is 5400. The Hall–Kier alpha value is -12.3. The van der Waals surface area contributed by atoms with Crippen LogP contribution in [-0.2, 0) is 53.9 Å². The summed E-state index contributed by atoms with van der Waals surface area (Å²) in [5.74, 6) is -2.15. The predicted molar refractivity (Wildman–Crippen MR) is 335 cm³/mol. The van der Waals surface area contributed by atoms with Crippen LogP contribution in [0.15, 0.2) is 207 Å². The molecule has 0 radical (unpaired) electrons. The fraction of sp³-hybridized carbons (Fsp3) is 0.190. The van der Waals surface area contributed by atoms with Gasteiger partial charge in [-0.1, -0.05) is 109 Å². The van der Waals surface area contributed by atoms with Gasteiger partial charge in [-0.25, -0.2) is 62.6 Å². The zero-order valence-electron chi connectivity index (χ0n) is 49.9. The Kier molecular flexibility index (Phi) is 17.6. The largest absolute Gasteiger partial charge is 0.437 e. The van der Waals surface area contributed by atoms with Crippen molar-refractivity contribution in [2.24, 2.45) is 21.1 Å². The molecule has 476 valence electrons. The molecule has 15 rings (SSSR count). The summed E-state index contributed by atoms with van der Waals surface area (Å²) in [6.07, 6.45) is 4.28. The molecule has 0 aliphatic carbocycles. The maximum Gasteiger partial charge on any atom is 0.437 e. The monoisotopic (exact) mass is 1280 g/mol. The summed E-state index contributed by atoms with van der Waals surface area (Å²) in [6, 6.07) is 39.0. The lowest BCUT2D eigenvalue weighted by atomic mass is 10.0. The highest BCUT2D eigenvalue weighted by molar-refractivity contribution is 5.85. The number of halogens is 3. The van der Waals surface area contributed by atoms with Crippen molar-refractivity contribution < 1.29 is 31.5 Å². The van der Waals surface area contributed by atoms with E-state index < -0.39 is 42.4 Å². The Morgan fingerprint density at radius 1 is 0.426 bits per heavy atom. The molecule has 94 heavy (non-hydrogen) atoms. The molecule has 1 unspecified atom stereocenters. The van der Waals surface area contributed by atoms with Crippen LogP contribution in [0.4, 0.5) is 13.2 Å². The number of aliphatic hydroxyl groups is 1. The molecule has 0 bridgehead atoms.